The van der Waals surface area contributed by atoms with Crippen LogP contribution in [0.4, 0.5) is 11.5 Å². The summed E-state index contributed by atoms with van der Waals surface area (Å²) in [6.07, 6.45) is 16.6. The first-order valence-corrected chi connectivity index (χ1v) is 15.4. The summed E-state index contributed by atoms with van der Waals surface area (Å²) < 4.78 is 12.5. The lowest BCUT2D eigenvalue weighted by Crippen LogP contribution is -2.30. The Morgan fingerprint density at radius 3 is 2.74 bits per heavy atom. The van der Waals surface area contributed by atoms with Gasteiger partial charge < -0.3 is 19.7 Å². The van der Waals surface area contributed by atoms with Gasteiger partial charge in [-0.2, -0.15) is 5.10 Å². The molecule has 1 unspecified atom stereocenters. The fourth-order valence-electron chi connectivity index (χ4n) is 4.93. The Labute approximate surface area is 257 Å². The van der Waals surface area contributed by atoms with Gasteiger partial charge in [-0.15, -0.1) is 0 Å². The first-order valence-electron chi connectivity index (χ1n) is 15.4. The van der Waals surface area contributed by atoms with Crippen molar-refractivity contribution in [2.45, 2.75) is 67.7 Å². The number of hydrogen-bond donors (Lipinski definition) is 1. The number of anilines is 2. The molecule has 2 aliphatic rings. The number of amidine groups is 1. The average Bonchev–Trinajstić information content (AvgIpc) is 3.15. The number of ether oxygens (including phenoxy) is 2. The minimum atomic E-state index is 0.422. The van der Waals surface area contributed by atoms with Crippen molar-refractivity contribution in [3.63, 3.8) is 0 Å². The lowest BCUT2D eigenvalue weighted by molar-refractivity contribution is 0.273. The second-order valence-corrected chi connectivity index (χ2v) is 11.0. The van der Waals surface area contributed by atoms with Crippen LogP contribution in [0.3, 0.4) is 0 Å². The van der Waals surface area contributed by atoms with Crippen LogP contribution in [0.5, 0.6) is 11.5 Å². The molecule has 0 radical (unpaired) electrons. The second kappa shape index (κ2) is 15.2. The van der Waals surface area contributed by atoms with Crippen LogP contribution >= 0.6 is 0 Å². The third-order valence-electron chi connectivity index (χ3n) is 7.20. The molecule has 1 N–H and O–H groups in total. The molecule has 0 bridgehead atoms. The standard InChI is InChI=1S/C35H46N6O2/c1-8-12-17-36-34(33-27(7)21-32-35(39-33)40(18-13-9-2)23-25(5)24-42-32)38-28-14-15-31(26(6)20-28)43-30-16-19-41(37-11-4)29(10-3)22-30/h10-12,14-17,19-22,25H,8-9,13,18,23-24H2,1-7H3,(H,36,38)/b17-12+,29-10+,37-11-. The van der Waals surface area contributed by atoms with Gasteiger partial charge in [-0.3, -0.25) is 0 Å². The minimum absolute atomic E-state index is 0.422. The van der Waals surface area contributed by atoms with Gasteiger partial charge in [0.05, 0.1) is 12.3 Å². The topological polar surface area (TPSA) is 74.6 Å². The van der Waals surface area contributed by atoms with Crippen LogP contribution in [0, 0.1) is 19.8 Å². The first-order chi connectivity index (χ1) is 20.9. The maximum atomic E-state index is 6.27. The monoisotopic (exact) mass is 582 g/mol. The van der Waals surface area contributed by atoms with Crippen LogP contribution < -0.4 is 19.7 Å². The van der Waals surface area contributed by atoms with Gasteiger partial charge in [0.2, 0.25) is 0 Å². The Kier molecular flexibility index (Phi) is 11.2. The largest absolute Gasteiger partial charge is 0.489 e. The molecule has 8 heteroatoms. The van der Waals surface area contributed by atoms with E-state index in [1.165, 1.54) is 0 Å². The fraction of sp³-hybridized carbons (Fsp3) is 0.400. The van der Waals surface area contributed by atoms with Crippen molar-refractivity contribution >= 4 is 23.6 Å². The first kappa shape index (κ1) is 31.6. The van der Waals surface area contributed by atoms with Crippen molar-refractivity contribution in [2.24, 2.45) is 16.0 Å². The number of nitrogens with zero attached hydrogens (tertiary/aromatic N) is 5. The molecule has 2 aromatic rings. The van der Waals surface area contributed by atoms with E-state index >= 15 is 0 Å². The number of pyridine rings is 1. The zero-order chi connectivity index (χ0) is 30.8. The predicted octanol–water partition coefficient (Wildman–Crippen LogP) is 8.12. The highest BCUT2D eigenvalue weighted by Gasteiger charge is 2.24. The van der Waals surface area contributed by atoms with E-state index in [1.54, 1.807) is 6.21 Å². The van der Waals surface area contributed by atoms with E-state index in [0.29, 0.717) is 18.4 Å². The summed E-state index contributed by atoms with van der Waals surface area (Å²) in [5, 5.41) is 9.72. The van der Waals surface area contributed by atoms with E-state index in [2.05, 4.69) is 55.1 Å². The lowest BCUT2D eigenvalue weighted by Gasteiger charge is -2.25. The van der Waals surface area contributed by atoms with Crippen LogP contribution in [0.2, 0.25) is 0 Å². The Bertz CT molecular complexity index is 1450. The number of hydrazone groups is 1. The molecule has 1 aromatic carbocycles. The van der Waals surface area contributed by atoms with Crippen LogP contribution in [0.1, 0.15) is 70.7 Å². The maximum absolute atomic E-state index is 6.27. The Hall–Kier alpha value is -4.33. The SMILES string of the molecule is C/C=N\N1C=CC(Oc2ccc(N/C(=N/C=C/CC)c3nc4c(cc3C)OCC(C)CN4CCCC)cc2C)=C/C1=C\C. The van der Waals surface area contributed by atoms with Gasteiger partial charge >= 0.3 is 0 Å². The summed E-state index contributed by atoms with van der Waals surface area (Å²) in [6.45, 7) is 17.1. The molecule has 0 saturated heterocycles. The third-order valence-corrected chi connectivity index (χ3v) is 7.20. The molecule has 0 saturated carbocycles. The van der Waals surface area contributed by atoms with Gasteiger partial charge in [0, 0.05) is 49.4 Å². The molecule has 1 atom stereocenters. The highest BCUT2D eigenvalue weighted by atomic mass is 16.5. The Morgan fingerprint density at radius 2 is 2.02 bits per heavy atom. The Balaban J connectivity index is 1.62. The number of hydrogen-bond acceptors (Lipinski definition) is 7. The summed E-state index contributed by atoms with van der Waals surface area (Å²) >= 11 is 0. The smallest absolute Gasteiger partial charge is 0.172 e. The van der Waals surface area contributed by atoms with Crippen molar-refractivity contribution in [1.29, 1.82) is 0 Å². The predicted molar refractivity (Wildman–Crippen MR) is 179 cm³/mol. The molecule has 3 heterocycles. The van der Waals surface area contributed by atoms with Gasteiger partial charge in [0.15, 0.2) is 17.4 Å². The normalized spacial score (nSPS) is 18.2. The second-order valence-electron chi connectivity index (χ2n) is 11.0. The van der Waals surface area contributed by atoms with E-state index in [4.69, 9.17) is 19.5 Å². The van der Waals surface area contributed by atoms with E-state index in [0.717, 1.165) is 83.6 Å². The molecular formula is C35H46N6O2. The number of allylic oxidation sites excluding steroid dienone is 4. The van der Waals surface area contributed by atoms with Gasteiger partial charge in [0.25, 0.3) is 0 Å². The van der Waals surface area contributed by atoms with Crippen LogP contribution in [-0.4, -0.2) is 41.7 Å². The zero-order valence-electron chi connectivity index (χ0n) is 26.7. The quantitative estimate of drug-likeness (QED) is 0.225. The number of aromatic nitrogens is 1. The lowest BCUT2D eigenvalue weighted by atomic mass is 10.1. The summed E-state index contributed by atoms with van der Waals surface area (Å²) in [7, 11) is 0. The summed E-state index contributed by atoms with van der Waals surface area (Å²) in [6, 6.07) is 8.17. The van der Waals surface area contributed by atoms with Crippen LogP contribution in [-0.2, 0) is 0 Å². The van der Waals surface area contributed by atoms with Crippen molar-refractivity contribution in [2.75, 3.05) is 29.9 Å². The molecule has 228 valence electrons. The number of aliphatic imine (C=N–C) groups is 1. The molecule has 0 fully saturated rings. The minimum Gasteiger partial charge on any atom is -0.489 e. The van der Waals surface area contributed by atoms with E-state index in [-0.39, 0.29) is 0 Å². The highest BCUT2D eigenvalue weighted by molar-refractivity contribution is 6.08. The number of fused-ring (bicyclic) bond motifs is 1. The number of unbranched alkanes of at least 4 members (excludes halogenated alkanes) is 1. The average molecular weight is 583 g/mol. The van der Waals surface area contributed by atoms with Gasteiger partial charge in [0.1, 0.15) is 17.2 Å². The molecule has 0 aliphatic carbocycles. The van der Waals surface area contributed by atoms with Crippen molar-refractivity contribution in [3.8, 4) is 11.5 Å². The van der Waals surface area contributed by atoms with Gasteiger partial charge in [-0.25, -0.2) is 15.0 Å². The van der Waals surface area contributed by atoms with Crippen LogP contribution in [0.25, 0.3) is 0 Å². The van der Waals surface area contributed by atoms with Crippen molar-refractivity contribution in [1.82, 2.24) is 9.99 Å². The molecule has 0 spiro atoms. The number of nitrogens with one attached hydrogen (secondary N) is 1. The molecular weight excluding hydrogens is 536 g/mol. The van der Waals surface area contributed by atoms with E-state index in [9.17, 15) is 0 Å². The van der Waals surface area contributed by atoms with Crippen LogP contribution in [0.15, 0.2) is 82.5 Å². The van der Waals surface area contributed by atoms with E-state index < -0.39 is 0 Å². The Morgan fingerprint density at radius 1 is 1.19 bits per heavy atom. The summed E-state index contributed by atoms with van der Waals surface area (Å²) in [5.74, 6) is 4.39. The molecule has 8 nitrogen and oxygen atoms in total. The molecule has 0 amide bonds. The highest BCUT2D eigenvalue weighted by Crippen LogP contribution is 2.33. The number of aryl methyl sites for hydroxylation is 2. The summed E-state index contributed by atoms with van der Waals surface area (Å²) in [4.78, 5) is 12.4. The van der Waals surface area contributed by atoms with E-state index in [1.807, 2.05) is 74.6 Å². The molecule has 4 rings (SSSR count). The fourth-order valence-corrected chi connectivity index (χ4v) is 4.93. The number of benzene rings is 1. The number of rotatable bonds is 10. The van der Waals surface area contributed by atoms with Gasteiger partial charge in [-0.1, -0.05) is 39.3 Å². The van der Waals surface area contributed by atoms with Gasteiger partial charge in [-0.05, 0) is 82.0 Å². The van der Waals surface area contributed by atoms with Crippen molar-refractivity contribution < 1.29 is 9.47 Å². The molecule has 1 aromatic heterocycles. The summed E-state index contributed by atoms with van der Waals surface area (Å²) in [5.41, 5.74) is 4.67. The molecule has 2 aliphatic heterocycles. The third kappa shape index (κ3) is 8.15. The maximum Gasteiger partial charge on any atom is 0.172 e. The van der Waals surface area contributed by atoms with Crippen molar-refractivity contribution in [3.05, 3.63) is 89.2 Å². The molecule has 43 heavy (non-hydrogen) atoms. The zero-order valence-corrected chi connectivity index (χ0v) is 26.7.